The third-order valence-corrected chi connectivity index (χ3v) is 4.37. The normalized spacial score (nSPS) is 17.2. The molecule has 1 fully saturated rings. The molecule has 0 unspecified atom stereocenters. The summed E-state index contributed by atoms with van der Waals surface area (Å²) >= 11 is 0. The lowest BCUT2D eigenvalue weighted by atomic mass is 9.90. The van der Waals surface area contributed by atoms with Crippen molar-refractivity contribution < 1.29 is 9.53 Å². The molecule has 2 rings (SSSR count). The van der Waals surface area contributed by atoms with E-state index in [0.29, 0.717) is 12.5 Å². The number of nitrogens with zero attached hydrogens (tertiary/aromatic N) is 1. The van der Waals surface area contributed by atoms with Crippen molar-refractivity contribution in [3.05, 3.63) is 35.4 Å². The minimum atomic E-state index is -0.102. The van der Waals surface area contributed by atoms with E-state index < -0.39 is 0 Å². The lowest BCUT2D eigenvalue weighted by molar-refractivity contribution is -0.122. The van der Waals surface area contributed by atoms with Crippen LogP contribution in [-0.2, 0) is 16.0 Å². The van der Waals surface area contributed by atoms with Crippen molar-refractivity contribution in [3.63, 3.8) is 0 Å². The Morgan fingerprint density at radius 1 is 1.22 bits per heavy atom. The van der Waals surface area contributed by atoms with Gasteiger partial charge in [-0.3, -0.25) is 9.69 Å². The molecule has 0 aliphatic carbocycles. The molecule has 128 valence electrons. The van der Waals surface area contributed by atoms with Crippen molar-refractivity contribution in [2.75, 3.05) is 39.4 Å². The Bertz CT molecular complexity index is 496. The van der Waals surface area contributed by atoms with Crippen LogP contribution in [0.1, 0.15) is 37.8 Å². The predicted molar refractivity (Wildman–Crippen MR) is 93.7 cm³/mol. The van der Waals surface area contributed by atoms with Gasteiger partial charge in [0.1, 0.15) is 0 Å². The molecule has 0 aromatic heterocycles. The first-order valence-corrected chi connectivity index (χ1v) is 8.73. The van der Waals surface area contributed by atoms with Gasteiger partial charge in [0, 0.05) is 26.2 Å². The number of hydrogen-bond acceptors (Lipinski definition) is 3. The number of nitrogens with one attached hydrogen (secondary N) is 1. The molecule has 1 amide bonds. The zero-order valence-corrected chi connectivity index (χ0v) is 14.7. The molecule has 0 saturated carbocycles. The number of amides is 1. The maximum absolute atomic E-state index is 12.5. The summed E-state index contributed by atoms with van der Waals surface area (Å²) in [6.07, 6.45) is 1.02. The number of carbonyl (C=O) groups excluding carboxylic acids is 1. The average molecular weight is 318 g/mol. The maximum Gasteiger partial charge on any atom is 0.227 e. The van der Waals surface area contributed by atoms with Crippen LogP contribution in [0.3, 0.4) is 0 Å². The van der Waals surface area contributed by atoms with Gasteiger partial charge < -0.3 is 10.1 Å². The summed E-state index contributed by atoms with van der Waals surface area (Å²) in [5, 5.41) is 3.09. The number of hydrogen-bond donors (Lipinski definition) is 1. The van der Waals surface area contributed by atoms with E-state index in [1.54, 1.807) is 0 Å². The van der Waals surface area contributed by atoms with Crippen molar-refractivity contribution in [1.29, 1.82) is 0 Å². The number of benzene rings is 1. The summed E-state index contributed by atoms with van der Waals surface area (Å²) in [5.74, 6) is 0.608. The molecule has 1 aliphatic heterocycles. The van der Waals surface area contributed by atoms with E-state index in [2.05, 4.69) is 42.3 Å². The SMILES string of the molecule is CC(C)Cc1ccccc1[C@@H](C)C(=O)NCCN1CCOCC1. The smallest absolute Gasteiger partial charge is 0.227 e. The van der Waals surface area contributed by atoms with Crippen LogP contribution in [0.5, 0.6) is 0 Å². The fraction of sp³-hybridized carbons (Fsp3) is 0.632. The Morgan fingerprint density at radius 3 is 2.61 bits per heavy atom. The molecule has 1 aliphatic rings. The second-order valence-corrected chi connectivity index (χ2v) is 6.76. The van der Waals surface area contributed by atoms with Gasteiger partial charge in [0.05, 0.1) is 19.1 Å². The van der Waals surface area contributed by atoms with E-state index >= 15 is 0 Å². The van der Waals surface area contributed by atoms with Gasteiger partial charge in [0.15, 0.2) is 0 Å². The highest BCUT2D eigenvalue weighted by atomic mass is 16.5. The second-order valence-electron chi connectivity index (χ2n) is 6.76. The lowest BCUT2D eigenvalue weighted by Gasteiger charge is -2.26. The van der Waals surface area contributed by atoms with Gasteiger partial charge >= 0.3 is 0 Å². The summed E-state index contributed by atoms with van der Waals surface area (Å²) in [5.41, 5.74) is 2.45. The van der Waals surface area contributed by atoms with Crippen LogP contribution >= 0.6 is 0 Å². The maximum atomic E-state index is 12.5. The van der Waals surface area contributed by atoms with Crippen LogP contribution in [0.25, 0.3) is 0 Å². The van der Waals surface area contributed by atoms with Crippen molar-refractivity contribution in [3.8, 4) is 0 Å². The molecule has 4 nitrogen and oxygen atoms in total. The van der Waals surface area contributed by atoms with Gasteiger partial charge in [-0.05, 0) is 30.4 Å². The van der Waals surface area contributed by atoms with Gasteiger partial charge in [0.2, 0.25) is 5.91 Å². The molecule has 0 radical (unpaired) electrons. The number of carbonyl (C=O) groups is 1. The monoisotopic (exact) mass is 318 g/mol. The minimum absolute atomic E-state index is 0.102. The number of ether oxygens (including phenoxy) is 1. The zero-order valence-electron chi connectivity index (χ0n) is 14.7. The summed E-state index contributed by atoms with van der Waals surface area (Å²) in [6.45, 7) is 11.5. The first-order chi connectivity index (χ1) is 11.1. The summed E-state index contributed by atoms with van der Waals surface area (Å²) in [4.78, 5) is 14.8. The molecule has 1 aromatic rings. The van der Waals surface area contributed by atoms with Gasteiger partial charge in [0.25, 0.3) is 0 Å². The standard InChI is InChI=1S/C19H30N2O2/c1-15(2)14-17-6-4-5-7-18(17)16(3)19(22)20-8-9-21-10-12-23-13-11-21/h4-7,15-16H,8-14H2,1-3H3,(H,20,22)/t16-/m1/s1. The molecule has 23 heavy (non-hydrogen) atoms. The fourth-order valence-corrected chi connectivity index (χ4v) is 3.04. The molecule has 1 atom stereocenters. The first-order valence-electron chi connectivity index (χ1n) is 8.73. The highest BCUT2D eigenvalue weighted by Crippen LogP contribution is 2.22. The van der Waals surface area contributed by atoms with Gasteiger partial charge in [-0.15, -0.1) is 0 Å². The zero-order chi connectivity index (χ0) is 16.7. The summed E-state index contributed by atoms with van der Waals surface area (Å²) < 4.78 is 5.34. The molecule has 4 heteroatoms. The van der Waals surface area contributed by atoms with Crippen LogP contribution in [0.4, 0.5) is 0 Å². The molecular weight excluding hydrogens is 288 g/mol. The van der Waals surface area contributed by atoms with Crippen LogP contribution in [0.2, 0.25) is 0 Å². The number of rotatable bonds is 7. The Hall–Kier alpha value is -1.39. The van der Waals surface area contributed by atoms with Crippen LogP contribution in [-0.4, -0.2) is 50.2 Å². The molecule has 0 bridgehead atoms. The topological polar surface area (TPSA) is 41.6 Å². The van der Waals surface area contributed by atoms with E-state index in [-0.39, 0.29) is 11.8 Å². The molecule has 0 spiro atoms. The van der Waals surface area contributed by atoms with Gasteiger partial charge in [-0.1, -0.05) is 38.1 Å². The Labute approximate surface area is 140 Å². The number of morpholine rings is 1. The highest BCUT2D eigenvalue weighted by Gasteiger charge is 2.18. The largest absolute Gasteiger partial charge is 0.379 e. The van der Waals surface area contributed by atoms with Crippen molar-refractivity contribution in [2.45, 2.75) is 33.1 Å². The van der Waals surface area contributed by atoms with Crippen LogP contribution in [0, 0.1) is 5.92 Å². The first kappa shape index (κ1) is 18.0. The van der Waals surface area contributed by atoms with Crippen molar-refractivity contribution in [2.24, 2.45) is 5.92 Å². The molecule has 1 N–H and O–H groups in total. The predicted octanol–water partition coefficient (Wildman–Crippen LogP) is 2.44. The highest BCUT2D eigenvalue weighted by molar-refractivity contribution is 5.83. The third kappa shape index (κ3) is 5.63. The van der Waals surface area contributed by atoms with E-state index in [4.69, 9.17) is 4.74 Å². The van der Waals surface area contributed by atoms with Crippen LogP contribution in [0.15, 0.2) is 24.3 Å². The molecule has 1 aromatic carbocycles. The quantitative estimate of drug-likeness (QED) is 0.839. The Balaban J connectivity index is 1.86. The van der Waals surface area contributed by atoms with Crippen LogP contribution < -0.4 is 5.32 Å². The fourth-order valence-electron chi connectivity index (χ4n) is 3.04. The van der Waals surface area contributed by atoms with E-state index in [1.807, 2.05) is 13.0 Å². The summed E-state index contributed by atoms with van der Waals surface area (Å²) in [7, 11) is 0. The third-order valence-electron chi connectivity index (χ3n) is 4.37. The summed E-state index contributed by atoms with van der Waals surface area (Å²) in [6, 6.07) is 8.32. The van der Waals surface area contributed by atoms with E-state index in [0.717, 1.165) is 44.8 Å². The Kier molecular flexibility index (Phi) is 7.06. The Morgan fingerprint density at radius 2 is 1.91 bits per heavy atom. The minimum Gasteiger partial charge on any atom is -0.379 e. The van der Waals surface area contributed by atoms with E-state index in [9.17, 15) is 4.79 Å². The van der Waals surface area contributed by atoms with Gasteiger partial charge in [-0.2, -0.15) is 0 Å². The molecule has 1 saturated heterocycles. The molecular formula is C19H30N2O2. The lowest BCUT2D eigenvalue weighted by Crippen LogP contribution is -2.42. The van der Waals surface area contributed by atoms with Gasteiger partial charge in [-0.25, -0.2) is 0 Å². The molecule has 1 heterocycles. The van der Waals surface area contributed by atoms with Crippen molar-refractivity contribution in [1.82, 2.24) is 10.2 Å². The van der Waals surface area contributed by atoms with E-state index in [1.165, 1.54) is 5.56 Å². The second kappa shape index (κ2) is 9.04. The van der Waals surface area contributed by atoms with Crippen molar-refractivity contribution >= 4 is 5.91 Å². The average Bonchev–Trinajstić information content (AvgIpc) is 2.55.